The molecule has 1 heterocycles. The van der Waals surface area contributed by atoms with Crippen LogP contribution >= 0.6 is 0 Å². The van der Waals surface area contributed by atoms with Crippen LogP contribution < -0.4 is 10.1 Å². The van der Waals surface area contributed by atoms with Crippen molar-refractivity contribution in [3.05, 3.63) is 17.8 Å². The van der Waals surface area contributed by atoms with Crippen LogP contribution in [-0.2, 0) is 0 Å². The van der Waals surface area contributed by atoms with Crippen molar-refractivity contribution in [1.29, 1.82) is 0 Å². The zero-order chi connectivity index (χ0) is 10.7. The van der Waals surface area contributed by atoms with Crippen LogP contribution in [0, 0.1) is 12.8 Å². The molecule has 1 saturated carbocycles. The molecule has 0 bridgehead atoms. The van der Waals surface area contributed by atoms with Gasteiger partial charge in [0.15, 0.2) is 0 Å². The molecule has 1 N–H and O–H groups in total. The first kappa shape index (κ1) is 10.4. The molecule has 1 aromatic heterocycles. The quantitative estimate of drug-likeness (QED) is 0.805. The summed E-state index contributed by atoms with van der Waals surface area (Å²) in [5, 5.41) is 11.0. The summed E-state index contributed by atoms with van der Waals surface area (Å²) in [4.78, 5) is 0. The minimum Gasteiger partial charge on any atom is -0.473 e. The van der Waals surface area contributed by atoms with Gasteiger partial charge < -0.3 is 10.1 Å². The lowest BCUT2D eigenvalue weighted by Crippen LogP contribution is -2.38. The van der Waals surface area contributed by atoms with Crippen LogP contribution in [0.1, 0.15) is 18.4 Å². The molecule has 0 atom stereocenters. The van der Waals surface area contributed by atoms with Gasteiger partial charge >= 0.3 is 0 Å². The highest BCUT2D eigenvalue weighted by molar-refractivity contribution is 5.15. The van der Waals surface area contributed by atoms with Gasteiger partial charge in [0.2, 0.25) is 5.88 Å². The first-order valence-electron chi connectivity index (χ1n) is 5.38. The van der Waals surface area contributed by atoms with Crippen molar-refractivity contribution >= 4 is 0 Å². The standard InChI is InChI=1S/C11H17N3O/c1-8-3-11(14-13-6-8)15-10-4-9(5-10)7-12-2/h3,6,9-10,12H,4-5,7H2,1-2H3. The number of hydrogen-bond donors (Lipinski definition) is 1. The summed E-state index contributed by atoms with van der Waals surface area (Å²) >= 11 is 0. The third-order valence-corrected chi connectivity index (χ3v) is 2.74. The van der Waals surface area contributed by atoms with Crippen LogP contribution in [-0.4, -0.2) is 29.9 Å². The molecule has 15 heavy (non-hydrogen) atoms. The summed E-state index contributed by atoms with van der Waals surface area (Å²) in [7, 11) is 1.99. The Hall–Kier alpha value is -1.16. The number of aromatic nitrogens is 2. The van der Waals surface area contributed by atoms with Gasteiger partial charge in [0.05, 0.1) is 6.20 Å². The van der Waals surface area contributed by atoms with Crippen LogP contribution in [0.5, 0.6) is 5.88 Å². The molecular weight excluding hydrogens is 190 g/mol. The van der Waals surface area contributed by atoms with Crippen molar-refractivity contribution in [1.82, 2.24) is 15.5 Å². The lowest BCUT2D eigenvalue weighted by Gasteiger charge is -2.34. The summed E-state index contributed by atoms with van der Waals surface area (Å²) in [6.45, 7) is 3.07. The second-order valence-electron chi connectivity index (χ2n) is 4.21. The molecular formula is C11H17N3O. The molecule has 4 heteroatoms. The highest BCUT2D eigenvalue weighted by Gasteiger charge is 2.30. The summed E-state index contributed by atoms with van der Waals surface area (Å²) in [5.74, 6) is 1.42. The van der Waals surface area contributed by atoms with Crippen LogP contribution in [0.4, 0.5) is 0 Å². The maximum atomic E-state index is 5.71. The molecule has 0 amide bonds. The minimum absolute atomic E-state index is 0.333. The van der Waals surface area contributed by atoms with Crippen molar-refractivity contribution in [3.63, 3.8) is 0 Å². The summed E-state index contributed by atoms with van der Waals surface area (Å²) in [6, 6.07) is 1.93. The van der Waals surface area contributed by atoms with E-state index in [4.69, 9.17) is 4.74 Å². The van der Waals surface area contributed by atoms with Gasteiger partial charge in [-0.2, -0.15) is 5.10 Å². The lowest BCUT2D eigenvalue weighted by molar-refractivity contribution is 0.0607. The summed E-state index contributed by atoms with van der Waals surface area (Å²) in [6.07, 6.45) is 4.31. The second kappa shape index (κ2) is 4.57. The smallest absolute Gasteiger partial charge is 0.233 e. The fourth-order valence-corrected chi connectivity index (χ4v) is 1.89. The van der Waals surface area contributed by atoms with E-state index in [1.54, 1.807) is 6.20 Å². The van der Waals surface area contributed by atoms with Gasteiger partial charge in [-0.3, -0.25) is 0 Å². The number of aryl methyl sites for hydroxylation is 1. The Morgan fingerprint density at radius 1 is 1.53 bits per heavy atom. The first-order chi connectivity index (χ1) is 7.28. The number of rotatable bonds is 4. The van der Waals surface area contributed by atoms with Gasteiger partial charge in [-0.1, -0.05) is 0 Å². The number of ether oxygens (including phenoxy) is 1. The molecule has 0 aromatic carbocycles. The molecule has 1 aromatic rings. The van der Waals surface area contributed by atoms with E-state index in [9.17, 15) is 0 Å². The molecule has 0 saturated heterocycles. The molecule has 0 unspecified atom stereocenters. The maximum Gasteiger partial charge on any atom is 0.233 e. The Morgan fingerprint density at radius 3 is 3.00 bits per heavy atom. The molecule has 1 fully saturated rings. The average Bonchev–Trinajstić information content (AvgIpc) is 2.15. The number of nitrogens with zero attached hydrogens (tertiary/aromatic N) is 2. The predicted octanol–water partition coefficient (Wildman–Crippen LogP) is 1.16. The van der Waals surface area contributed by atoms with E-state index in [-0.39, 0.29) is 0 Å². The fourth-order valence-electron chi connectivity index (χ4n) is 1.89. The Labute approximate surface area is 90.1 Å². The third kappa shape index (κ3) is 2.65. The Morgan fingerprint density at radius 2 is 2.33 bits per heavy atom. The molecule has 0 spiro atoms. The van der Waals surface area contributed by atoms with Crippen molar-refractivity contribution in [3.8, 4) is 5.88 Å². The topological polar surface area (TPSA) is 47.0 Å². The Balaban J connectivity index is 1.80. The van der Waals surface area contributed by atoms with E-state index in [1.165, 1.54) is 0 Å². The second-order valence-corrected chi connectivity index (χ2v) is 4.21. The Kier molecular flexibility index (Phi) is 3.16. The molecule has 1 aliphatic rings. The normalized spacial score (nSPS) is 24.7. The number of nitrogens with one attached hydrogen (secondary N) is 1. The third-order valence-electron chi connectivity index (χ3n) is 2.74. The summed E-state index contributed by atoms with van der Waals surface area (Å²) in [5.41, 5.74) is 1.09. The monoisotopic (exact) mass is 207 g/mol. The van der Waals surface area contributed by atoms with E-state index in [0.29, 0.717) is 12.0 Å². The largest absolute Gasteiger partial charge is 0.473 e. The summed E-state index contributed by atoms with van der Waals surface area (Å²) < 4.78 is 5.71. The van der Waals surface area contributed by atoms with Gasteiger partial charge in [-0.05, 0) is 44.8 Å². The van der Waals surface area contributed by atoms with Gasteiger partial charge in [-0.15, -0.1) is 5.10 Å². The maximum absolute atomic E-state index is 5.71. The van der Waals surface area contributed by atoms with Crippen LogP contribution in [0.15, 0.2) is 12.3 Å². The molecule has 82 valence electrons. The van der Waals surface area contributed by atoms with Crippen LogP contribution in [0.3, 0.4) is 0 Å². The number of hydrogen-bond acceptors (Lipinski definition) is 4. The first-order valence-corrected chi connectivity index (χ1v) is 5.38. The zero-order valence-corrected chi connectivity index (χ0v) is 9.23. The molecule has 1 aliphatic carbocycles. The van der Waals surface area contributed by atoms with Gasteiger partial charge in [-0.25, -0.2) is 0 Å². The SMILES string of the molecule is CNCC1CC(Oc2cc(C)cnn2)C1. The predicted molar refractivity (Wildman–Crippen MR) is 57.8 cm³/mol. The van der Waals surface area contributed by atoms with Crippen molar-refractivity contribution in [2.24, 2.45) is 5.92 Å². The van der Waals surface area contributed by atoms with Gasteiger partial charge in [0, 0.05) is 6.07 Å². The van der Waals surface area contributed by atoms with Crippen molar-refractivity contribution < 1.29 is 4.74 Å². The average molecular weight is 207 g/mol. The van der Waals surface area contributed by atoms with E-state index in [2.05, 4.69) is 15.5 Å². The lowest BCUT2D eigenvalue weighted by atomic mass is 9.82. The fraction of sp³-hybridized carbons (Fsp3) is 0.636. The molecule has 0 aliphatic heterocycles. The highest BCUT2D eigenvalue weighted by Crippen LogP contribution is 2.30. The highest BCUT2D eigenvalue weighted by atomic mass is 16.5. The van der Waals surface area contributed by atoms with E-state index >= 15 is 0 Å². The molecule has 0 radical (unpaired) electrons. The van der Waals surface area contributed by atoms with Crippen molar-refractivity contribution in [2.75, 3.05) is 13.6 Å². The zero-order valence-electron chi connectivity index (χ0n) is 9.23. The van der Waals surface area contributed by atoms with Crippen LogP contribution in [0.25, 0.3) is 0 Å². The molecule has 2 rings (SSSR count). The van der Waals surface area contributed by atoms with E-state index in [0.717, 1.165) is 30.9 Å². The molecule has 4 nitrogen and oxygen atoms in total. The van der Waals surface area contributed by atoms with Gasteiger partial charge in [0.25, 0.3) is 0 Å². The van der Waals surface area contributed by atoms with Crippen LogP contribution in [0.2, 0.25) is 0 Å². The van der Waals surface area contributed by atoms with E-state index in [1.807, 2.05) is 20.0 Å². The minimum atomic E-state index is 0.333. The van der Waals surface area contributed by atoms with E-state index < -0.39 is 0 Å². The Bertz CT molecular complexity index is 323. The van der Waals surface area contributed by atoms with Crippen molar-refractivity contribution in [2.45, 2.75) is 25.9 Å². The van der Waals surface area contributed by atoms with Gasteiger partial charge in [0.1, 0.15) is 6.10 Å².